The molecule has 1 heterocycles. The van der Waals surface area contributed by atoms with Crippen molar-refractivity contribution >= 4 is 10.8 Å². The van der Waals surface area contributed by atoms with E-state index in [9.17, 15) is 0 Å². The second kappa shape index (κ2) is 7.06. The van der Waals surface area contributed by atoms with Gasteiger partial charge in [0.2, 0.25) is 0 Å². The topological polar surface area (TPSA) is 15.3 Å². The van der Waals surface area contributed by atoms with Crippen molar-refractivity contribution in [2.45, 2.75) is 25.8 Å². The molecule has 0 unspecified atom stereocenters. The summed E-state index contributed by atoms with van der Waals surface area (Å²) >= 11 is 0. The Labute approximate surface area is 128 Å². The highest BCUT2D eigenvalue weighted by molar-refractivity contribution is 5.82. The molecule has 2 heteroatoms. The molecule has 0 aliphatic carbocycles. The van der Waals surface area contributed by atoms with E-state index in [0.29, 0.717) is 0 Å². The number of nitrogens with zero attached hydrogens (tertiary/aromatic N) is 1. The number of benzene rings is 2. The van der Waals surface area contributed by atoms with Crippen molar-refractivity contribution in [1.29, 1.82) is 0 Å². The van der Waals surface area contributed by atoms with Crippen LogP contribution in [0.1, 0.15) is 24.8 Å². The number of fused-ring (bicyclic) bond motifs is 1. The lowest BCUT2D eigenvalue weighted by molar-refractivity contribution is 0.172. The number of nitrogens with one attached hydrogen (secondary N) is 1. The Morgan fingerprint density at radius 1 is 1.05 bits per heavy atom. The largest absolute Gasteiger partial charge is 0.320 e. The molecule has 1 saturated heterocycles. The molecule has 0 amide bonds. The van der Waals surface area contributed by atoms with Crippen LogP contribution in [0.5, 0.6) is 0 Å². The average Bonchev–Trinajstić information content (AvgIpc) is 2.54. The Morgan fingerprint density at radius 3 is 2.57 bits per heavy atom. The van der Waals surface area contributed by atoms with Gasteiger partial charge in [-0.15, -0.1) is 0 Å². The van der Waals surface area contributed by atoms with Crippen molar-refractivity contribution in [3.63, 3.8) is 0 Å². The molecular weight excluding hydrogens is 256 g/mol. The van der Waals surface area contributed by atoms with E-state index in [0.717, 1.165) is 19.0 Å². The van der Waals surface area contributed by atoms with E-state index in [4.69, 9.17) is 0 Å². The lowest BCUT2D eigenvalue weighted by atomic mass is 9.93. The van der Waals surface area contributed by atoms with Gasteiger partial charge >= 0.3 is 0 Å². The van der Waals surface area contributed by atoms with Crippen LogP contribution < -0.4 is 5.32 Å². The summed E-state index contributed by atoms with van der Waals surface area (Å²) in [5.74, 6) is 0.922. The Kier molecular flexibility index (Phi) is 4.89. The average molecular weight is 282 g/mol. The predicted molar refractivity (Wildman–Crippen MR) is 90.5 cm³/mol. The predicted octanol–water partition coefficient (Wildman–Crippen LogP) is 3.66. The molecule has 21 heavy (non-hydrogen) atoms. The van der Waals surface area contributed by atoms with Gasteiger partial charge in [-0.2, -0.15) is 0 Å². The first-order valence-corrected chi connectivity index (χ1v) is 8.20. The fraction of sp³-hybridized carbons (Fsp3) is 0.474. The first-order valence-electron chi connectivity index (χ1n) is 8.20. The molecule has 2 nitrogen and oxygen atoms in total. The summed E-state index contributed by atoms with van der Waals surface area (Å²) in [6.07, 6.45) is 4.05. The van der Waals surface area contributed by atoms with Crippen LogP contribution in [-0.2, 0) is 6.54 Å². The minimum atomic E-state index is 0.922. The van der Waals surface area contributed by atoms with Crippen LogP contribution in [0.3, 0.4) is 0 Å². The number of rotatable bonds is 5. The monoisotopic (exact) mass is 282 g/mol. The summed E-state index contributed by atoms with van der Waals surface area (Å²) in [4.78, 5) is 2.61. The number of likely N-dealkylation sites (tertiary alicyclic amines) is 1. The molecule has 3 rings (SSSR count). The van der Waals surface area contributed by atoms with Gasteiger partial charge in [-0.25, -0.2) is 0 Å². The van der Waals surface area contributed by atoms with Crippen molar-refractivity contribution < 1.29 is 0 Å². The van der Waals surface area contributed by atoms with Crippen molar-refractivity contribution in [2.24, 2.45) is 5.92 Å². The smallest absolute Gasteiger partial charge is 0.0233 e. The first kappa shape index (κ1) is 14.6. The quantitative estimate of drug-likeness (QED) is 0.900. The number of hydrogen-bond donors (Lipinski definition) is 1. The maximum atomic E-state index is 3.27. The summed E-state index contributed by atoms with van der Waals surface area (Å²) in [7, 11) is 2.05. The van der Waals surface area contributed by atoms with Crippen molar-refractivity contribution in [1.82, 2.24) is 10.2 Å². The van der Waals surface area contributed by atoms with Crippen molar-refractivity contribution in [3.05, 3.63) is 48.0 Å². The van der Waals surface area contributed by atoms with Gasteiger partial charge < -0.3 is 5.32 Å². The number of piperidine rings is 1. The molecule has 1 aliphatic rings. The fourth-order valence-corrected chi connectivity index (χ4v) is 3.38. The molecule has 0 bridgehead atoms. The van der Waals surface area contributed by atoms with E-state index >= 15 is 0 Å². The van der Waals surface area contributed by atoms with E-state index < -0.39 is 0 Å². The molecule has 1 aliphatic heterocycles. The van der Waals surface area contributed by atoms with Crippen LogP contribution in [0.25, 0.3) is 10.8 Å². The lowest BCUT2D eigenvalue weighted by Crippen LogP contribution is -2.34. The molecule has 1 fully saturated rings. The molecule has 2 aromatic rings. The van der Waals surface area contributed by atoms with Gasteiger partial charge in [-0.1, -0.05) is 36.4 Å². The molecule has 0 radical (unpaired) electrons. The summed E-state index contributed by atoms with van der Waals surface area (Å²) in [6.45, 7) is 4.77. The van der Waals surface area contributed by atoms with Crippen LogP contribution in [0, 0.1) is 5.92 Å². The summed E-state index contributed by atoms with van der Waals surface area (Å²) < 4.78 is 0. The standard InChI is InChI=1S/C19H26N2/c1-20-11-8-16-9-12-21(13-10-16)15-17-6-7-18-4-2-3-5-19(18)14-17/h2-7,14,16,20H,8-13,15H2,1H3. The Morgan fingerprint density at radius 2 is 1.81 bits per heavy atom. The minimum Gasteiger partial charge on any atom is -0.320 e. The van der Waals surface area contributed by atoms with Crippen LogP contribution in [0.2, 0.25) is 0 Å². The Bertz CT molecular complexity index is 571. The number of hydrogen-bond acceptors (Lipinski definition) is 2. The van der Waals surface area contributed by atoms with Gasteiger partial charge in [0.05, 0.1) is 0 Å². The zero-order valence-electron chi connectivity index (χ0n) is 13.0. The molecular formula is C19H26N2. The lowest BCUT2D eigenvalue weighted by Gasteiger charge is -2.32. The van der Waals surface area contributed by atoms with Gasteiger partial charge in [0.15, 0.2) is 0 Å². The summed E-state index contributed by atoms with van der Waals surface area (Å²) in [6, 6.07) is 15.5. The van der Waals surface area contributed by atoms with E-state index in [1.807, 2.05) is 0 Å². The molecule has 2 aromatic carbocycles. The SMILES string of the molecule is CNCCC1CCN(Cc2ccc3ccccc3c2)CC1. The van der Waals surface area contributed by atoms with Crippen LogP contribution in [-0.4, -0.2) is 31.6 Å². The van der Waals surface area contributed by atoms with Crippen molar-refractivity contribution in [2.75, 3.05) is 26.7 Å². The third-order valence-electron chi connectivity index (χ3n) is 4.73. The van der Waals surface area contributed by atoms with Crippen molar-refractivity contribution in [3.8, 4) is 0 Å². The Hall–Kier alpha value is -1.38. The van der Waals surface area contributed by atoms with Gasteiger partial charge in [0.1, 0.15) is 0 Å². The zero-order valence-corrected chi connectivity index (χ0v) is 13.0. The molecule has 1 N–H and O–H groups in total. The van der Waals surface area contributed by atoms with E-state index in [2.05, 4.69) is 59.7 Å². The van der Waals surface area contributed by atoms with E-state index in [-0.39, 0.29) is 0 Å². The third kappa shape index (κ3) is 3.84. The normalized spacial score (nSPS) is 17.4. The van der Waals surface area contributed by atoms with Gasteiger partial charge in [0.25, 0.3) is 0 Å². The van der Waals surface area contributed by atoms with Crippen LogP contribution in [0.15, 0.2) is 42.5 Å². The Balaban J connectivity index is 1.56. The fourth-order valence-electron chi connectivity index (χ4n) is 3.38. The van der Waals surface area contributed by atoms with Gasteiger partial charge in [-0.3, -0.25) is 4.90 Å². The summed E-state index contributed by atoms with van der Waals surface area (Å²) in [5.41, 5.74) is 1.45. The van der Waals surface area contributed by atoms with Gasteiger partial charge in [-0.05, 0) is 74.3 Å². The second-order valence-corrected chi connectivity index (χ2v) is 6.29. The van der Waals surface area contributed by atoms with E-state index in [1.54, 1.807) is 0 Å². The zero-order chi connectivity index (χ0) is 14.5. The van der Waals surface area contributed by atoms with Crippen LogP contribution in [0.4, 0.5) is 0 Å². The third-order valence-corrected chi connectivity index (χ3v) is 4.73. The minimum absolute atomic E-state index is 0.922. The van der Waals surface area contributed by atoms with Gasteiger partial charge in [0, 0.05) is 6.54 Å². The highest BCUT2D eigenvalue weighted by Crippen LogP contribution is 2.22. The molecule has 0 saturated carbocycles. The maximum Gasteiger partial charge on any atom is 0.0233 e. The molecule has 0 aromatic heterocycles. The van der Waals surface area contributed by atoms with E-state index in [1.165, 1.54) is 48.7 Å². The highest BCUT2D eigenvalue weighted by atomic mass is 15.1. The summed E-state index contributed by atoms with van der Waals surface area (Å²) in [5, 5.41) is 5.97. The maximum absolute atomic E-state index is 3.27. The molecule has 0 spiro atoms. The highest BCUT2D eigenvalue weighted by Gasteiger charge is 2.18. The first-order chi connectivity index (χ1) is 10.3. The van der Waals surface area contributed by atoms with Crippen LogP contribution >= 0.6 is 0 Å². The second-order valence-electron chi connectivity index (χ2n) is 6.29. The molecule has 112 valence electrons. The molecule has 0 atom stereocenters.